The zero-order valence-corrected chi connectivity index (χ0v) is 42.1. The van der Waals surface area contributed by atoms with Gasteiger partial charge in [-0.15, -0.1) is 0 Å². The van der Waals surface area contributed by atoms with Gasteiger partial charge >= 0.3 is 11.9 Å². The van der Waals surface area contributed by atoms with Gasteiger partial charge in [0.15, 0.2) is 12.2 Å². The van der Waals surface area contributed by atoms with E-state index in [2.05, 4.69) is 62.5 Å². The second kappa shape index (κ2) is 36.9. The molecule has 0 aliphatic rings. The van der Waals surface area contributed by atoms with Crippen LogP contribution in [0.25, 0.3) is 0 Å². The number of benzene rings is 2. The normalized spacial score (nSPS) is 16.5. The maximum absolute atomic E-state index is 10.1. The number of unbranched alkanes of at least 4 members (excludes halogenated alkanes) is 3. The molecule has 10 atom stereocenters. The molecule has 2 aromatic carbocycles. The van der Waals surface area contributed by atoms with Crippen LogP contribution in [0, 0.1) is 22.7 Å². The number of carboxylic acid groups (broad SMARTS) is 2. The Hall–Kier alpha value is -5.02. The second-order valence-electron chi connectivity index (χ2n) is 14.2. The largest absolute Gasteiger partial charge is 0.479 e. The molecule has 0 spiro atoms. The van der Waals surface area contributed by atoms with Gasteiger partial charge in [-0.3, -0.25) is 9.98 Å². The Morgan fingerprint density at radius 1 is 0.657 bits per heavy atom. The highest BCUT2D eigenvalue weighted by Gasteiger charge is 2.35. The van der Waals surface area contributed by atoms with Crippen LogP contribution in [0.4, 0.5) is 11.4 Å². The number of rotatable bonds is 21. The summed E-state index contributed by atoms with van der Waals surface area (Å²) in [6.07, 6.45) is -11.7. The van der Waals surface area contributed by atoms with Gasteiger partial charge in [0, 0.05) is 40.9 Å². The standard InChI is InChI=1S/C22H30Cl2N10.C6H6Br2N2.2C6H12O7/c23-15-5-9-17(10-6-15)31-21(27)33-19(25)29-13-3-1-2-4-14-30-20(26)34-22(28)32-18-11-7-16(24)8-12-18;1-6(8,4-10)5(7)2-3-9;2*7-1-2(8)3(9)4(10)5(11)6(12)13/h5-12H,1-4,13-14H2,(H5,25,27,29,31,33)(H5,26,28,30,32,34);5H,2H2,1H3;2*2-5,7-11H,1H2,(H,12,13)/t;;2*2-,3-,4+,5-/m..11/s1. The number of anilines is 2. The molecule has 2 unspecified atom stereocenters. The molecule has 30 heteroatoms. The van der Waals surface area contributed by atoms with Crippen LogP contribution in [0.3, 0.4) is 0 Å². The van der Waals surface area contributed by atoms with Gasteiger partial charge in [-0.25, -0.2) is 9.59 Å². The smallest absolute Gasteiger partial charge is 0.335 e. The minimum Gasteiger partial charge on any atom is -0.479 e. The highest BCUT2D eigenvalue weighted by Crippen LogP contribution is 2.28. The molecular weight excluding hydrogens is 1100 g/mol. The number of nitrogens with one attached hydrogen (secondary N) is 2. The Morgan fingerprint density at radius 3 is 1.26 bits per heavy atom. The molecule has 0 heterocycles. The van der Waals surface area contributed by atoms with Crippen LogP contribution in [0.2, 0.25) is 10.0 Å². The van der Waals surface area contributed by atoms with E-state index in [4.69, 9.17) is 118 Å². The SMILES string of the molecule is CC(Br)(C#N)C(Br)CC#N.NC(=NCCCCCCN=C(N)N=C(N)Nc1ccc(Cl)cc1)N=C(N)Nc1ccc(Cl)cc1.O=C(O)[C@H](O)[C@@H](O)[C@H](O)[C@H](O)CO.O=C(O)[C@H](O)[C@@H](O)[C@H](O)[C@H](O)CO. The van der Waals surface area contributed by atoms with Crippen molar-refractivity contribution in [3.8, 4) is 12.1 Å². The minimum absolute atomic E-state index is 0.116. The fourth-order valence-electron chi connectivity index (χ4n) is 4.38. The highest BCUT2D eigenvalue weighted by atomic mass is 79.9. The molecule has 0 bridgehead atoms. The van der Waals surface area contributed by atoms with E-state index < -0.39 is 78.3 Å². The summed E-state index contributed by atoms with van der Waals surface area (Å²) >= 11 is 18.1. The first-order valence-electron chi connectivity index (χ1n) is 20.3. The molecule has 0 saturated heterocycles. The second-order valence-corrected chi connectivity index (χ2v) is 17.8. The summed E-state index contributed by atoms with van der Waals surface area (Å²) in [5.74, 6) is -2.89. The van der Waals surface area contributed by atoms with Gasteiger partial charge in [-0.1, -0.05) is 67.9 Å². The Balaban J connectivity index is 0. The number of nitrogens with zero attached hydrogens (tertiary/aromatic N) is 6. The molecule has 0 saturated carbocycles. The van der Waals surface area contributed by atoms with Crippen LogP contribution < -0.4 is 33.6 Å². The van der Waals surface area contributed by atoms with E-state index >= 15 is 0 Å². The van der Waals surface area contributed by atoms with Gasteiger partial charge in [0.05, 0.1) is 30.2 Å². The lowest BCUT2D eigenvalue weighted by Gasteiger charge is -2.23. The maximum atomic E-state index is 10.1. The van der Waals surface area contributed by atoms with E-state index in [0.29, 0.717) is 29.6 Å². The predicted molar refractivity (Wildman–Crippen MR) is 268 cm³/mol. The lowest BCUT2D eigenvalue weighted by atomic mass is 10.0. The van der Waals surface area contributed by atoms with E-state index in [-0.39, 0.29) is 28.7 Å². The zero-order chi connectivity index (χ0) is 54.1. The molecule has 2 aromatic rings. The molecule has 22 N–H and O–H groups in total. The third-order valence-corrected chi connectivity index (χ3v) is 11.5. The monoisotopic (exact) mass is 1160 g/mol. The summed E-state index contributed by atoms with van der Waals surface area (Å²) < 4.78 is -0.636. The molecule has 0 radical (unpaired) electrons. The molecule has 0 aromatic heterocycles. The fourth-order valence-corrected chi connectivity index (χ4v) is 5.04. The van der Waals surface area contributed by atoms with Crippen LogP contribution in [0.5, 0.6) is 0 Å². The van der Waals surface area contributed by atoms with Crippen molar-refractivity contribution in [1.82, 2.24) is 0 Å². The number of alkyl halides is 2. The topological polar surface area (TPSA) is 502 Å². The molecule has 0 amide bonds. The summed E-state index contributed by atoms with van der Waals surface area (Å²) in [7, 11) is 0. The summed E-state index contributed by atoms with van der Waals surface area (Å²) in [5, 5.41) is 128. The van der Waals surface area contributed by atoms with Crippen molar-refractivity contribution in [2.75, 3.05) is 36.9 Å². The number of halogens is 4. The van der Waals surface area contributed by atoms with E-state index in [1.54, 1.807) is 55.5 Å². The van der Waals surface area contributed by atoms with Gasteiger partial charge in [0.25, 0.3) is 0 Å². The Kier molecular flexibility index (Phi) is 35.3. The number of aliphatic carboxylic acids is 2. The number of aliphatic hydroxyl groups excluding tert-OH is 10. The van der Waals surface area contributed by atoms with Crippen molar-refractivity contribution < 1.29 is 70.9 Å². The minimum atomic E-state index is -2.20. The molecule has 0 aliphatic carbocycles. The van der Waals surface area contributed by atoms with E-state index in [0.717, 1.165) is 37.1 Å². The summed E-state index contributed by atoms with van der Waals surface area (Å²) in [5.41, 5.74) is 24.8. The first kappa shape index (κ1) is 67.1. The van der Waals surface area contributed by atoms with Gasteiger partial charge in [-0.2, -0.15) is 20.5 Å². The molecule has 392 valence electrons. The van der Waals surface area contributed by atoms with Gasteiger partial charge in [-0.05, 0) is 68.3 Å². The van der Waals surface area contributed by atoms with Crippen molar-refractivity contribution >= 4 is 102 Å². The lowest BCUT2D eigenvalue weighted by Crippen LogP contribution is -2.48. The van der Waals surface area contributed by atoms with Gasteiger partial charge in [0.2, 0.25) is 23.8 Å². The van der Waals surface area contributed by atoms with Gasteiger partial charge in [0.1, 0.15) is 40.9 Å². The van der Waals surface area contributed by atoms with E-state index in [9.17, 15) is 9.59 Å². The van der Waals surface area contributed by atoms with E-state index in [1.807, 2.05) is 12.1 Å². The number of nitrogens with two attached hydrogens (primary N) is 4. The number of hydrogen-bond acceptors (Lipinski definition) is 16. The van der Waals surface area contributed by atoms with Crippen LogP contribution in [0.1, 0.15) is 39.0 Å². The van der Waals surface area contributed by atoms with Crippen molar-refractivity contribution in [1.29, 1.82) is 10.5 Å². The molecular formula is C40H60Br2Cl2N12O14. The Bertz CT molecular complexity index is 1930. The van der Waals surface area contributed by atoms with Crippen LogP contribution >= 0.6 is 55.1 Å². The van der Waals surface area contributed by atoms with Gasteiger partial charge < -0.3 is 94.8 Å². The fraction of sp³-hybridized carbons (Fsp3) is 0.500. The number of hydrogen-bond donors (Lipinski definition) is 18. The quantitative estimate of drug-likeness (QED) is 0.0299. The van der Waals surface area contributed by atoms with Crippen LogP contribution in [0.15, 0.2) is 68.5 Å². The van der Waals surface area contributed by atoms with Crippen molar-refractivity contribution in [2.24, 2.45) is 42.9 Å². The number of guanidine groups is 4. The van der Waals surface area contributed by atoms with Crippen LogP contribution in [-0.4, -0.2) is 181 Å². The van der Waals surface area contributed by atoms with Crippen LogP contribution in [-0.2, 0) is 9.59 Å². The highest BCUT2D eigenvalue weighted by molar-refractivity contribution is 9.12. The molecule has 26 nitrogen and oxygen atoms in total. The maximum Gasteiger partial charge on any atom is 0.335 e. The third kappa shape index (κ3) is 29.9. The summed E-state index contributed by atoms with van der Waals surface area (Å²) in [6.45, 7) is 1.16. The Labute approximate surface area is 429 Å². The first-order chi connectivity index (χ1) is 32.7. The number of aliphatic hydroxyl groups is 10. The van der Waals surface area contributed by atoms with Crippen molar-refractivity contribution in [3.05, 3.63) is 58.6 Å². The predicted octanol–water partition coefficient (Wildman–Crippen LogP) is -1.31. The van der Waals surface area contributed by atoms with Crippen molar-refractivity contribution in [2.45, 2.75) is 97.0 Å². The zero-order valence-electron chi connectivity index (χ0n) is 37.4. The number of nitriles is 2. The molecule has 0 aliphatic heterocycles. The first-order valence-corrected chi connectivity index (χ1v) is 22.7. The molecule has 2 rings (SSSR count). The third-order valence-electron chi connectivity index (χ3n) is 8.41. The Morgan fingerprint density at radius 2 is 0.986 bits per heavy atom. The summed E-state index contributed by atoms with van der Waals surface area (Å²) in [6, 6.07) is 18.2. The number of carbonyl (C=O) groups is 2. The average Bonchev–Trinajstić information content (AvgIpc) is 3.32. The molecule has 70 heavy (non-hydrogen) atoms. The number of aliphatic imine (C=N–C) groups is 4. The lowest BCUT2D eigenvalue weighted by molar-refractivity contribution is -0.164. The average molecular weight is 1160 g/mol. The molecule has 0 fully saturated rings. The number of carboxylic acids is 2. The van der Waals surface area contributed by atoms with E-state index in [1.165, 1.54) is 0 Å². The van der Waals surface area contributed by atoms with Crippen molar-refractivity contribution in [3.63, 3.8) is 0 Å². The summed E-state index contributed by atoms with van der Waals surface area (Å²) in [4.78, 5) is 36.5.